The molecule has 0 aliphatic carbocycles. The average molecular weight is 480 g/mol. The molecule has 0 radical (unpaired) electrons. The van der Waals surface area contributed by atoms with Crippen molar-refractivity contribution >= 4 is 43.2 Å². The molecular weight excluding hydrogens is 454 g/mol. The summed E-state index contributed by atoms with van der Waals surface area (Å²) in [6.07, 6.45) is 1.60. The van der Waals surface area contributed by atoms with Crippen LogP contribution in [0.15, 0.2) is 71.6 Å². The van der Waals surface area contributed by atoms with E-state index < -0.39 is 10.0 Å². The van der Waals surface area contributed by atoms with Crippen molar-refractivity contribution in [2.24, 2.45) is 0 Å². The van der Waals surface area contributed by atoms with Crippen molar-refractivity contribution in [3.63, 3.8) is 0 Å². The second-order valence-corrected chi connectivity index (χ2v) is 10.7. The van der Waals surface area contributed by atoms with Crippen LogP contribution in [0.1, 0.15) is 32.9 Å². The van der Waals surface area contributed by atoms with Crippen LogP contribution in [0.2, 0.25) is 0 Å². The maximum atomic E-state index is 12.7. The lowest BCUT2D eigenvalue weighted by molar-refractivity contribution is 0.0953. The zero-order chi connectivity index (χ0) is 23.4. The van der Waals surface area contributed by atoms with Gasteiger partial charge in [-0.1, -0.05) is 24.3 Å². The van der Waals surface area contributed by atoms with Crippen molar-refractivity contribution in [2.45, 2.75) is 31.6 Å². The summed E-state index contributed by atoms with van der Waals surface area (Å²) in [5.74, 6) is -0.191. The van der Waals surface area contributed by atoms with Crippen molar-refractivity contribution in [2.75, 3.05) is 11.3 Å². The van der Waals surface area contributed by atoms with Crippen LogP contribution in [0.25, 0.3) is 10.2 Å². The molecule has 0 fully saturated rings. The Morgan fingerprint density at radius 1 is 1.00 bits per heavy atom. The van der Waals surface area contributed by atoms with Gasteiger partial charge in [-0.2, -0.15) is 0 Å². The van der Waals surface area contributed by atoms with Gasteiger partial charge in [-0.3, -0.25) is 9.52 Å². The van der Waals surface area contributed by atoms with E-state index in [0.29, 0.717) is 23.4 Å². The van der Waals surface area contributed by atoms with Gasteiger partial charge in [0.1, 0.15) is 0 Å². The Bertz CT molecular complexity index is 1360. The van der Waals surface area contributed by atoms with E-state index in [9.17, 15) is 13.2 Å². The number of anilines is 1. The number of para-hydroxylation sites is 1. The van der Waals surface area contributed by atoms with Crippen molar-refractivity contribution in [1.29, 1.82) is 0 Å². The van der Waals surface area contributed by atoms with Crippen LogP contribution >= 0.6 is 11.3 Å². The van der Waals surface area contributed by atoms with Crippen LogP contribution in [-0.2, 0) is 16.4 Å². The average Bonchev–Trinajstić information content (AvgIpc) is 3.21. The third-order valence-corrected chi connectivity index (χ3v) is 7.84. The minimum absolute atomic E-state index is 0.191. The van der Waals surface area contributed by atoms with E-state index in [1.54, 1.807) is 54.7 Å². The second-order valence-electron chi connectivity index (χ2n) is 7.89. The Labute approximate surface area is 197 Å². The first-order chi connectivity index (χ1) is 15.8. The van der Waals surface area contributed by atoms with E-state index >= 15 is 0 Å². The lowest BCUT2D eigenvalue weighted by Gasteiger charge is -2.12. The zero-order valence-corrected chi connectivity index (χ0v) is 20.1. The number of hydrogen-bond donors (Lipinski definition) is 2. The summed E-state index contributed by atoms with van der Waals surface area (Å²) in [6.45, 7) is 4.15. The van der Waals surface area contributed by atoms with Gasteiger partial charge in [-0.15, -0.1) is 11.3 Å². The summed E-state index contributed by atoms with van der Waals surface area (Å²) >= 11 is 1.68. The molecule has 0 aliphatic rings. The van der Waals surface area contributed by atoms with Gasteiger partial charge in [0.15, 0.2) is 0 Å². The number of nitrogens with zero attached hydrogens (tertiary/aromatic N) is 1. The number of aryl methyl sites for hydroxylation is 3. The molecule has 1 heterocycles. The van der Waals surface area contributed by atoms with Gasteiger partial charge < -0.3 is 5.32 Å². The van der Waals surface area contributed by atoms with Crippen LogP contribution in [-0.4, -0.2) is 25.9 Å². The number of benzene rings is 3. The molecule has 0 saturated heterocycles. The number of sulfonamides is 1. The first-order valence-corrected chi connectivity index (χ1v) is 12.9. The third-order valence-electron chi connectivity index (χ3n) is 5.22. The van der Waals surface area contributed by atoms with Gasteiger partial charge in [0.2, 0.25) is 0 Å². The molecule has 4 rings (SSSR count). The van der Waals surface area contributed by atoms with Crippen LogP contribution in [0.3, 0.4) is 0 Å². The first kappa shape index (κ1) is 22.9. The van der Waals surface area contributed by atoms with Crippen molar-refractivity contribution in [1.82, 2.24) is 10.3 Å². The number of carbonyl (C=O) groups is 1. The van der Waals surface area contributed by atoms with E-state index in [2.05, 4.69) is 21.1 Å². The molecule has 3 aromatic carbocycles. The fourth-order valence-electron chi connectivity index (χ4n) is 3.47. The Morgan fingerprint density at radius 2 is 1.76 bits per heavy atom. The highest BCUT2D eigenvalue weighted by molar-refractivity contribution is 7.92. The molecule has 0 spiro atoms. The fraction of sp³-hybridized carbons (Fsp3) is 0.200. The molecule has 0 atom stereocenters. The van der Waals surface area contributed by atoms with Gasteiger partial charge >= 0.3 is 0 Å². The molecule has 1 aromatic heterocycles. The number of amides is 1. The molecule has 4 aromatic rings. The number of carbonyl (C=O) groups excluding carboxylic acids is 1. The highest BCUT2D eigenvalue weighted by Crippen LogP contribution is 2.23. The molecule has 8 heteroatoms. The molecule has 6 nitrogen and oxygen atoms in total. The predicted octanol–water partition coefficient (Wildman–Crippen LogP) is 5.08. The zero-order valence-electron chi connectivity index (χ0n) is 18.5. The summed E-state index contributed by atoms with van der Waals surface area (Å²) in [7, 11) is -3.71. The number of nitrogens with one attached hydrogen (secondary N) is 2. The van der Waals surface area contributed by atoms with E-state index in [0.717, 1.165) is 28.9 Å². The lowest BCUT2D eigenvalue weighted by Crippen LogP contribution is -2.24. The van der Waals surface area contributed by atoms with Crippen molar-refractivity contribution < 1.29 is 13.2 Å². The predicted molar refractivity (Wildman–Crippen MR) is 133 cm³/mol. The third kappa shape index (κ3) is 5.58. The molecular formula is C25H25N3O3S2. The smallest absolute Gasteiger partial charge is 0.262 e. The largest absolute Gasteiger partial charge is 0.352 e. The Hall–Kier alpha value is -3.23. The summed E-state index contributed by atoms with van der Waals surface area (Å²) in [4.78, 5) is 17.3. The molecule has 170 valence electrons. The van der Waals surface area contributed by atoms with Crippen LogP contribution in [0, 0.1) is 13.8 Å². The summed E-state index contributed by atoms with van der Waals surface area (Å²) in [5, 5.41) is 3.97. The van der Waals surface area contributed by atoms with Gasteiger partial charge in [0.05, 0.1) is 20.1 Å². The maximum absolute atomic E-state index is 12.7. The minimum atomic E-state index is -3.71. The summed E-state index contributed by atoms with van der Waals surface area (Å²) in [5.41, 5.74) is 3.44. The number of hydrogen-bond acceptors (Lipinski definition) is 5. The number of thiazole rings is 1. The minimum Gasteiger partial charge on any atom is -0.352 e. The normalized spacial score (nSPS) is 11.5. The second kappa shape index (κ2) is 9.72. The first-order valence-electron chi connectivity index (χ1n) is 10.6. The Kier molecular flexibility index (Phi) is 6.76. The van der Waals surface area contributed by atoms with Gasteiger partial charge in [0, 0.05) is 24.2 Å². The number of aromatic nitrogens is 1. The SMILES string of the molecule is Cc1ccc(C)c(S(=O)(=O)Nc2ccc(C(=O)NCCCc3nc4ccccc4s3)cc2)c1. The van der Waals surface area contributed by atoms with E-state index in [4.69, 9.17) is 0 Å². The van der Waals surface area contributed by atoms with Crippen molar-refractivity contribution in [3.05, 3.63) is 88.4 Å². The highest BCUT2D eigenvalue weighted by atomic mass is 32.2. The molecule has 0 aliphatic heterocycles. The van der Waals surface area contributed by atoms with Gasteiger partial charge in [0.25, 0.3) is 15.9 Å². The monoisotopic (exact) mass is 479 g/mol. The number of rotatable bonds is 8. The highest BCUT2D eigenvalue weighted by Gasteiger charge is 2.17. The van der Waals surface area contributed by atoms with Crippen LogP contribution in [0.5, 0.6) is 0 Å². The maximum Gasteiger partial charge on any atom is 0.262 e. The molecule has 2 N–H and O–H groups in total. The van der Waals surface area contributed by atoms with E-state index in [1.165, 1.54) is 4.70 Å². The van der Waals surface area contributed by atoms with Crippen LogP contribution in [0.4, 0.5) is 5.69 Å². The standard InChI is InChI=1S/C25H25N3O3S2/c1-17-9-10-18(2)23(16-17)33(30,31)28-20-13-11-19(12-14-20)25(29)26-15-5-8-24-27-21-6-3-4-7-22(21)32-24/h3-4,6-7,9-14,16,28H,5,8,15H2,1-2H3,(H,26,29). The topological polar surface area (TPSA) is 88.2 Å². The molecule has 0 bridgehead atoms. The molecule has 0 saturated carbocycles. The molecule has 1 amide bonds. The van der Waals surface area contributed by atoms with E-state index in [-0.39, 0.29) is 10.8 Å². The quantitative estimate of drug-likeness (QED) is 0.345. The Morgan fingerprint density at radius 3 is 2.52 bits per heavy atom. The lowest BCUT2D eigenvalue weighted by atomic mass is 10.2. The van der Waals surface area contributed by atoms with Gasteiger partial charge in [-0.25, -0.2) is 13.4 Å². The van der Waals surface area contributed by atoms with Gasteiger partial charge in [-0.05, 0) is 73.9 Å². The van der Waals surface area contributed by atoms with Crippen LogP contribution < -0.4 is 10.0 Å². The number of fused-ring (bicyclic) bond motifs is 1. The van der Waals surface area contributed by atoms with E-state index in [1.807, 2.05) is 31.2 Å². The summed E-state index contributed by atoms with van der Waals surface area (Å²) < 4.78 is 29.3. The Balaban J connectivity index is 1.31. The summed E-state index contributed by atoms with van der Waals surface area (Å²) in [6, 6.07) is 19.8. The molecule has 33 heavy (non-hydrogen) atoms. The fourth-order valence-corrected chi connectivity index (χ4v) is 5.87. The molecule has 0 unspecified atom stereocenters. The van der Waals surface area contributed by atoms with Crippen molar-refractivity contribution in [3.8, 4) is 0 Å².